The first kappa shape index (κ1) is 17.5. The predicted molar refractivity (Wildman–Crippen MR) is 114 cm³/mol. The van der Waals surface area contributed by atoms with Gasteiger partial charge in [-0.15, -0.1) is 0 Å². The molecule has 2 heteroatoms. The van der Waals surface area contributed by atoms with E-state index in [-0.39, 0.29) is 0 Å². The van der Waals surface area contributed by atoms with Crippen LogP contribution in [0.3, 0.4) is 0 Å². The Morgan fingerprint density at radius 3 is 1.78 bits per heavy atom. The van der Waals surface area contributed by atoms with E-state index in [2.05, 4.69) is 99.0 Å². The molecule has 2 aromatic heterocycles. The van der Waals surface area contributed by atoms with Gasteiger partial charge in [-0.1, -0.05) is 82.3 Å². The zero-order chi connectivity index (χ0) is 19.0. The van der Waals surface area contributed by atoms with Crippen molar-refractivity contribution in [2.75, 3.05) is 0 Å². The average Bonchev–Trinajstić information content (AvgIpc) is 3.07. The van der Waals surface area contributed by atoms with E-state index in [1.54, 1.807) is 0 Å². The Morgan fingerprint density at radius 2 is 1.22 bits per heavy atom. The van der Waals surface area contributed by atoms with Gasteiger partial charge in [-0.2, -0.15) is 0 Å². The zero-order valence-corrected chi connectivity index (χ0v) is 16.5. The maximum Gasteiger partial charge on any atom is 0.137 e. The van der Waals surface area contributed by atoms with E-state index in [0.717, 1.165) is 22.6 Å². The molecule has 0 aliphatic rings. The summed E-state index contributed by atoms with van der Waals surface area (Å²) in [5.74, 6) is 1.06. The fraction of sp³-hybridized carbons (Fsp3) is 0.240. The molecule has 27 heavy (non-hydrogen) atoms. The van der Waals surface area contributed by atoms with Crippen molar-refractivity contribution in [3.05, 3.63) is 84.1 Å². The lowest BCUT2D eigenvalue weighted by molar-refractivity contribution is 0.866. The minimum atomic E-state index is 0.531. The molecule has 0 N–H and O–H groups in total. The van der Waals surface area contributed by atoms with Crippen molar-refractivity contribution >= 4 is 5.65 Å². The summed E-state index contributed by atoms with van der Waals surface area (Å²) < 4.78 is 2.19. The van der Waals surface area contributed by atoms with Gasteiger partial charge in [0.05, 0.1) is 11.4 Å². The van der Waals surface area contributed by atoms with E-state index < -0.39 is 0 Å². The number of hydrogen-bond donors (Lipinski definition) is 0. The van der Waals surface area contributed by atoms with Crippen LogP contribution in [-0.2, 0) is 0 Å². The van der Waals surface area contributed by atoms with Gasteiger partial charge < -0.3 is 0 Å². The van der Waals surface area contributed by atoms with Crippen molar-refractivity contribution in [1.82, 2.24) is 9.38 Å². The summed E-state index contributed by atoms with van der Waals surface area (Å²) in [6, 6.07) is 23.9. The summed E-state index contributed by atoms with van der Waals surface area (Å²) in [6.07, 6.45) is 2.10. The predicted octanol–water partition coefficient (Wildman–Crippen LogP) is 6.92. The summed E-state index contributed by atoms with van der Waals surface area (Å²) >= 11 is 0. The minimum Gasteiger partial charge on any atom is -0.299 e. The molecule has 4 aromatic rings. The Kier molecular flexibility index (Phi) is 4.57. The van der Waals surface area contributed by atoms with Crippen LogP contribution in [0, 0.1) is 0 Å². The second-order valence-corrected chi connectivity index (χ2v) is 7.79. The fourth-order valence-corrected chi connectivity index (χ4v) is 3.52. The van der Waals surface area contributed by atoms with Gasteiger partial charge in [-0.05, 0) is 35.1 Å². The summed E-state index contributed by atoms with van der Waals surface area (Å²) in [4.78, 5) is 4.95. The highest BCUT2D eigenvalue weighted by Gasteiger charge is 2.16. The third-order valence-corrected chi connectivity index (χ3v) is 5.23. The molecule has 0 saturated heterocycles. The van der Waals surface area contributed by atoms with E-state index in [9.17, 15) is 0 Å². The lowest BCUT2D eigenvalue weighted by Gasteiger charge is -2.10. The highest BCUT2D eigenvalue weighted by atomic mass is 15.0. The molecule has 4 rings (SSSR count). The summed E-state index contributed by atoms with van der Waals surface area (Å²) in [7, 11) is 0. The quantitative estimate of drug-likeness (QED) is 0.389. The first-order valence-electron chi connectivity index (χ1n) is 9.72. The molecule has 0 saturated carbocycles. The Balaban J connectivity index is 1.89. The number of pyridine rings is 1. The second kappa shape index (κ2) is 7.03. The SMILES string of the molecule is CC(C)c1ccc(-c2nc3ccccn3c2-c2ccc(C(C)C)cc2)cc1. The van der Waals surface area contributed by atoms with Gasteiger partial charge in [0.15, 0.2) is 0 Å². The van der Waals surface area contributed by atoms with Crippen molar-refractivity contribution in [3.8, 4) is 22.5 Å². The lowest BCUT2D eigenvalue weighted by Crippen LogP contribution is -1.92. The smallest absolute Gasteiger partial charge is 0.137 e. The van der Waals surface area contributed by atoms with Crippen LogP contribution >= 0.6 is 0 Å². The molecular weight excluding hydrogens is 328 g/mol. The number of imidazole rings is 1. The molecule has 0 fully saturated rings. The van der Waals surface area contributed by atoms with Gasteiger partial charge in [0.25, 0.3) is 0 Å². The molecule has 2 nitrogen and oxygen atoms in total. The Labute approximate surface area is 161 Å². The van der Waals surface area contributed by atoms with Crippen LogP contribution in [0.1, 0.15) is 50.7 Å². The van der Waals surface area contributed by atoms with Crippen LogP contribution in [0.25, 0.3) is 28.2 Å². The molecular formula is C25H26N2. The molecule has 0 radical (unpaired) electrons. The molecule has 0 aliphatic carbocycles. The number of rotatable bonds is 4. The number of aromatic nitrogens is 2. The summed E-state index contributed by atoms with van der Waals surface area (Å²) in [5, 5.41) is 0. The molecule has 0 unspecified atom stereocenters. The topological polar surface area (TPSA) is 17.3 Å². The standard InChI is InChI=1S/C25H26N2/c1-17(2)19-8-12-21(13-9-19)24-25(27-16-6-5-7-23(27)26-24)22-14-10-20(11-15-22)18(3)4/h5-18H,1-4H3. The molecule has 2 aromatic carbocycles. The van der Waals surface area contributed by atoms with Gasteiger partial charge in [0, 0.05) is 17.3 Å². The summed E-state index contributed by atoms with van der Waals surface area (Å²) in [6.45, 7) is 8.90. The van der Waals surface area contributed by atoms with E-state index >= 15 is 0 Å². The number of hydrogen-bond acceptors (Lipinski definition) is 1. The minimum absolute atomic E-state index is 0.531. The van der Waals surface area contributed by atoms with Crippen LogP contribution in [0.2, 0.25) is 0 Å². The molecule has 0 atom stereocenters. The Morgan fingerprint density at radius 1 is 0.667 bits per heavy atom. The van der Waals surface area contributed by atoms with Crippen molar-refractivity contribution in [1.29, 1.82) is 0 Å². The van der Waals surface area contributed by atoms with Crippen molar-refractivity contribution in [2.45, 2.75) is 39.5 Å². The summed E-state index contributed by atoms with van der Waals surface area (Å²) in [5.41, 5.74) is 8.23. The van der Waals surface area contributed by atoms with Crippen LogP contribution in [0.15, 0.2) is 72.9 Å². The van der Waals surface area contributed by atoms with Crippen LogP contribution in [0.5, 0.6) is 0 Å². The van der Waals surface area contributed by atoms with Crippen LogP contribution in [0.4, 0.5) is 0 Å². The van der Waals surface area contributed by atoms with Crippen molar-refractivity contribution in [2.24, 2.45) is 0 Å². The van der Waals surface area contributed by atoms with Gasteiger partial charge >= 0.3 is 0 Å². The number of benzene rings is 2. The van der Waals surface area contributed by atoms with Gasteiger partial charge in [-0.3, -0.25) is 4.40 Å². The Bertz CT molecular complexity index is 1050. The molecule has 0 bridgehead atoms. The molecule has 136 valence electrons. The Hall–Kier alpha value is -2.87. The van der Waals surface area contributed by atoms with E-state index in [0.29, 0.717) is 11.8 Å². The van der Waals surface area contributed by atoms with E-state index in [4.69, 9.17) is 4.98 Å². The third-order valence-electron chi connectivity index (χ3n) is 5.23. The molecule has 0 amide bonds. The van der Waals surface area contributed by atoms with Crippen LogP contribution in [-0.4, -0.2) is 9.38 Å². The zero-order valence-electron chi connectivity index (χ0n) is 16.5. The molecule has 0 aliphatic heterocycles. The van der Waals surface area contributed by atoms with Gasteiger partial charge in [-0.25, -0.2) is 4.98 Å². The number of fused-ring (bicyclic) bond motifs is 1. The molecule has 0 spiro atoms. The fourth-order valence-electron chi connectivity index (χ4n) is 3.52. The highest BCUT2D eigenvalue weighted by molar-refractivity contribution is 5.82. The van der Waals surface area contributed by atoms with Gasteiger partial charge in [0.2, 0.25) is 0 Å². The van der Waals surface area contributed by atoms with Crippen molar-refractivity contribution in [3.63, 3.8) is 0 Å². The third kappa shape index (κ3) is 3.28. The van der Waals surface area contributed by atoms with E-state index in [1.807, 2.05) is 6.07 Å². The second-order valence-electron chi connectivity index (χ2n) is 7.79. The normalized spacial score (nSPS) is 11.6. The monoisotopic (exact) mass is 354 g/mol. The van der Waals surface area contributed by atoms with Crippen molar-refractivity contribution < 1.29 is 0 Å². The largest absolute Gasteiger partial charge is 0.299 e. The first-order valence-corrected chi connectivity index (χ1v) is 9.72. The first-order chi connectivity index (χ1) is 13.0. The van der Waals surface area contributed by atoms with Gasteiger partial charge in [0.1, 0.15) is 5.65 Å². The maximum absolute atomic E-state index is 4.95. The maximum atomic E-state index is 4.95. The number of nitrogens with zero attached hydrogens (tertiary/aromatic N) is 2. The molecule has 2 heterocycles. The average molecular weight is 354 g/mol. The lowest BCUT2D eigenvalue weighted by atomic mass is 9.97. The van der Waals surface area contributed by atoms with E-state index in [1.165, 1.54) is 16.7 Å². The highest BCUT2D eigenvalue weighted by Crippen LogP contribution is 2.34. The van der Waals surface area contributed by atoms with Crippen LogP contribution < -0.4 is 0 Å².